The van der Waals surface area contributed by atoms with Gasteiger partial charge in [0.1, 0.15) is 0 Å². The number of nitrogens with zero attached hydrogens (tertiary/aromatic N) is 1. The summed E-state index contributed by atoms with van der Waals surface area (Å²) in [5.74, 6) is 0.361. The van der Waals surface area contributed by atoms with Crippen molar-refractivity contribution < 1.29 is 0 Å². The standard InChI is InChI=1S/C22H21N3/c1-14-6-4-9-20(15(14)2)25(3)22(23)24-19-13-12-17-11-10-16-7-5-8-18(19)21(16)17/h4-13H,1-3H3,(H2,23,24). The average Bonchev–Trinajstić information content (AvgIpc) is 3.04. The van der Waals surface area contributed by atoms with E-state index in [0.717, 1.165) is 16.8 Å². The summed E-state index contributed by atoms with van der Waals surface area (Å²) in [4.78, 5) is 1.89. The molecule has 0 radical (unpaired) electrons. The second-order valence-electron chi connectivity index (χ2n) is 6.56. The predicted molar refractivity (Wildman–Crippen MR) is 109 cm³/mol. The van der Waals surface area contributed by atoms with E-state index in [2.05, 4.69) is 73.8 Å². The van der Waals surface area contributed by atoms with Gasteiger partial charge in [0, 0.05) is 23.8 Å². The third-order valence-electron chi connectivity index (χ3n) is 5.07. The minimum absolute atomic E-state index is 0.361. The Balaban J connectivity index is 1.68. The molecule has 3 nitrogen and oxygen atoms in total. The largest absolute Gasteiger partial charge is 0.326 e. The summed E-state index contributed by atoms with van der Waals surface area (Å²) in [6.07, 6.45) is 4.30. The zero-order chi connectivity index (χ0) is 17.6. The summed E-state index contributed by atoms with van der Waals surface area (Å²) in [6.45, 7) is 4.19. The smallest absolute Gasteiger partial charge is 0.199 e. The number of nitrogens with one attached hydrogen (secondary N) is 2. The van der Waals surface area contributed by atoms with E-state index in [4.69, 9.17) is 5.41 Å². The first-order valence-electron chi connectivity index (χ1n) is 8.45. The molecule has 0 amide bonds. The third kappa shape index (κ3) is 2.49. The second-order valence-corrected chi connectivity index (χ2v) is 6.56. The maximum atomic E-state index is 8.53. The first-order valence-corrected chi connectivity index (χ1v) is 8.45. The summed E-state index contributed by atoms with van der Waals surface area (Å²) >= 11 is 0. The summed E-state index contributed by atoms with van der Waals surface area (Å²) in [5, 5.41) is 14.2. The highest BCUT2D eigenvalue weighted by molar-refractivity contribution is 6.13. The lowest BCUT2D eigenvalue weighted by Crippen LogP contribution is -2.32. The van der Waals surface area contributed by atoms with Crippen LogP contribution in [0.2, 0.25) is 0 Å². The van der Waals surface area contributed by atoms with Gasteiger partial charge in [0.05, 0.1) is 0 Å². The average molecular weight is 327 g/mol. The van der Waals surface area contributed by atoms with E-state index in [1.165, 1.54) is 27.6 Å². The normalized spacial score (nSPS) is 11.8. The van der Waals surface area contributed by atoms with Crippen molar-refractivity contribution in [1.82, 2.24) is 0 Å². The molecule has 0 saturated carbocycles. The van der Waals surface area contributed by atoms with Gasteiger partial charge >= 0.3 is 0 Å². The maximum absolute atomic E-state index is 8.53. The van der Waals surface area contributed by atoms with Crippen LogP contribution in [0.4, 0.5) is 11.4 Å². The molecule has 4 rings (SSSR count). The molecule has 0 aromatic heterocycles. The Morgan fingerprint density at radius 2 is 1.64 bits per heavy atom. The Labute approximate surface area is 148 Å². The van der Waals surface area contributed by atoms with Gasteiger partial charge in [0.25, 0.3) is 0 Å². The number of hydrogen-bond acceptors (Lipinski definition) is 1. The van der Waals surface area contributed by atoms with Crippen molar-refractivity contribution in [3.63, 3.8) is 0 Å². The molecule has 0 bridgehead atoms. The molecular weight excluding hydrogens is 306 g/mol. The highest BCUT2D eigenvalue weighted by Gasteiger charge is 2.15. The van der Waals surface area contributed by atoms with Crippen molar-refractivity contribution >= 4 is 40.3 Å². The van der Waals surface area contributed by atoms with Crippen molar-refractivity contribution in [2.45, 2.75) is 13.8 Å². The van der Waals surface area contributed by atoms with Gasteiger partial charge in [-0.1, -0.05) is 48.6 Å². The molecule has 0 aliphatic heterocycles. The van der Waals surface area contributed by atoms with Crippen LogP contribution in [0, 0.1) is 19.3 Å². The molecule has 3 aromatic rings. The quantitative estimate of drug-likeness (QED) is 0.381. The lowest BCUT2D eigenvalue weighted by molar-refractivity contribution is 1.18. The van der Waals surface area contributed by atoms with Crippen molar-refractivity contribution in [1.29, 1.82) is 5.41 Å². The number of hydrogen-bond donors (Lipinski definition) is 2. The molecule has 0 spiro atoms. The molecule has 25 heavy (non-hydrogen) atoms. The minimum Gasteiger partial charge on any atom is -0.326 e. The summed E-state index contributed by atoms with van der Waals surface area (Å²) in [5.41, 5.74) is 6.92. The van der Waals surface area contributed by atoms with Gasteiger partial charge in [-0.2, -0.15) is 0 Å². The van der Waals surface area contributed by atoms with E-state index < -0.39 is 0 Å². The Bertz CT molecular complexity index is 1020. The zero-order valence-corrected chi connectivity index (χ0v) is 14.7. The molecule has 1 aliphatic rings. The fourth-order valence-electron chi connectivity index (χ4n) is 3.46. The Kier molecular flexibility index (Phi) is 3.57. The van der Waals surface area contributed by atoms with Gasteiger partial charge in [-0.05, 0) is 53.6 Å². The summed E-state index contributed by atoms with van der Waals surface area (Å²) in [6, 6.07) is 16.7. The first-order chi connectivity index (χ1) is 12.1. The van der Waals surface area contributed by atoms with Crippen LogP contribution in [-0.4, -0.2) is 13.0 Å². The number of rotatable bonds is 2. The van der Waals surface area contributed by atoms with Crippen LogP contribution in [-0.2, 0) is 0 Å². The van der Waals surface area contributed by atoms with Crippen LogP contribution in [0.15, 0.2) is 48.5 Å². The highest BCUT2D eigenvalue weighted by atomic mass is 15.3. The monoisotopic (exact) mass is 327 g/mol. The minimum atomic E-state index is 0.361. The number of anilines is 2. The number of aryl methyl sites for hydroxylation is 1. The first kappa shape index (κ1) is 15.5. The molecule has 0 fully saturated rings. The van der Waals surface area contributed by atoms with Crippen molar-refractivity contribution in [3.05, 3.63) is 70.8 Å². The Morgan fingerprint density at radius 3 is 2.44 bits per heavy atom. The van der Waals surface area contributed by atoms with E-state index in [-0.39, 0.29) is 0 Å². The summed E-state index contributed by atoms with van der Waals surface area (Å²) in [7, 11) is 1.93. The van der Waals surface area contributed by atoms with Crippen LogP contribution < -0.4 is 10.2 Å². The maximum Gasteiger partial charge on any atom is 0.199 e. The van der Waals surface area contributed by atoms with Gasteiger partial charge in [0.2, 0.25) is 0 Å². The molecule has 2 N–H and O–H groups in total. The van der Waals surface area contributed by atoms with E-state index in [1.807, 2.05) is 18.0 Å². The predicted octanol–water partition coefficient (Wildman–Crippen LogP) is 5.42. The molecule has 0 heterocycles. The van der Waals surface area contributed by atoms with Crippen LogP contribution in [0.25, 0.3) is 22.9 Å². The molecule has 3 aromatic carbocycles. The number of benzene rings is 3. The van der Waals surface area contributed by atoms with Gasteiger partial charge < -0.3 is 10.2 Å². The molecule has 0 atom stereocenters. The van der Waals surface area contributed by atoms with Crippen molar-refractivity contribution in [3.8, 4) is 0 Å². The third-order valence-corrected chi connectivity index (χ3v) is 5.07. The molecule has 0 unspecified atom stereocenters. The lowest BCUT2D eigenvalue weighted by Gasteiger charge is -2.24. The van der Waals surface area contributed by atoms with Crippen LogP contribution >= 0.6 is 0 Å². The van der Waals surface area contributed by atoms with Crippen LogP contribution in [0.3, 0.4) is 0 Å². The molecule has 124 valence electrons. The fourth-order valence-corrected chi connectivity index (χ4v) is 3.46. The molecule has 0 saturated heterocycles. The van der Waals surface area contributed by atoms with E-state index in [9.17, 15) is 0 Å². The van der Waals surface area contributed by atoms with Crippen molar-refractivity contribution in [2.75, 3.05) is 17.3 Å². The molecular formula is C22H21N3. The van der Waals surface area contributed by atoms with Gasteiger partial charge in [-0.15, -0.1) is 0 Å². The van der Waals surface area contributed by atoms with Crippen molar-refractivity contribution in [2.24, 2.45) is 0 Å². The topological polar surface area (TPSA) is 39.1 Å². The van der Waals surface area contributed by atoms with E-state index >= 15 is 0 Å². The Morgan fingerprint density at radius 1 is 0.920 bits per heavy atom. The highest BCUT2D eigenvalue weighted by Crippen LogP contribution is 2.35. The molecule has 1 aliphatic carbocycles. The van der Waals surface area contributed by atoms with Gasteiger partial charge in [0.15, 0.2) is 5.96 Å². The number of guanidine groups is 1. The second kappa shape index (κ2) is 5.78. The Hall–Kier alpha value is -3.07. The zero-order valence-electron chi connectivity index (χ0n) is 14.7. The van der Waals surface area contributed by atoms with Gasteiger partial charge in [-0.25, -0.2) is 0 Å². The van der Waals surface area contributed by atoms with Gasteiger partial charge in [-0.3, -0.25) is 5.41 Å². The van der Waals surface area contributed by atoms with E-state index in [1.54, 1.807) is 0 Å². The van der Waals surface area contributed by atoms with Crippen LogP contribution in [0.1, 0.15) is 22.3 Å². The molecule has 3 heteroatoms. The lowest BCUT2D eigenvalue weighted by atomic mass is 10.0. The van der Waals surface area contributed by atoms with Crippen LogP contribution in [0.5, 0.6) is 0 Å². The summed E-state index contributed by atoms with van der Waals surface area (Å²) < 4.78 is 0. The SMILES string of the molecule is Cc1cccc(N(C)C(=N)Nc2ccc3c4c(cccc24)C=C3)c1C. The fraction of sp³-hybridized carbons (Fsp3) is 0.136. The van der Waals surface area contributed by atoms with E-state index in [0.29, 0.717) is 5.96 Å².